The molecule has 0 saturated carbocycles. The molecule has 0 aliphatic rings. The molecule has 0 aliphatic carbocycles. The van der Waals surface area contributed by atoms with Crippen molar-refractivity contribution in [3.63, 3.8) is 0 Å². The van der Waals surface area contributed by atoms with E-state index in [-0.39, 0.29) is 12.4 Å². The zero-order valence-electron chi connectivity index (χ0n) is 15.2. The topological polar surface area (TPSA) is 0 Å². The lowest BCUT2D eigenvalue weighted by Crippen LogP contribution is -3.00. The zero-order chi connectivity index (χ0) is 15.3. The average Bonchev–Trinajstić information content (AvgIpc) is 2.35. The van der Waals surface area contributed by atoms with Crippen LogP contribution in [0.1, 0.15) is 78.1 Å². The van der Waals surface area contributed by atoms with E-state index in [1.165, 1.54) is 70.8 Å². The molecule has 0 radical (unpaired) electrons. The molecule has 128 valence electrons. The third-order valence-electron chi connectivity index (χ3n) is 4.17. The van der Waals surface area contributed by atoms with Gasteiger partial charge in [0.05, 0.1) is 27.2 Å². The SMILES string of the molecule is C=CC[N+](C)(C)CCCCCCCCCCCC(C)C.[Cl-]. The van der Waals surface area contributed by atoms with Crippen molar-refractivity contribution < 1.29 is 16.9 Å². The Morgan fingerprint density at radius 1 is 0.810 bits per heavy atom. The molecule has 0 N–H and O–H groups in total. The van der Waals surface area contributed by atoms with Crippen molar-refractivity contribution in [2.24, 2.45) is 5.92 Å². The molecular formula is C19H40ClN. The lowest BCUT2D eigenvalue weighted by atomic mass is 10.0. The van der Waals surface area contributed by atoms with E-state index in [1.807, 2.05) is 6.08 Å². The van der Waals surface area contributed by atoms with Crippen LogP contribution in [0.4, 0.5) is 0 Å². The fourth-order valence-electron chi connectivity index (χ4n) is 2.77. The van der Waals surface area contributed by atoms with Crippen LogP contribution in [0.5, 0.6) is 0 Å². The van der Waals surface area contributed by atoms with Crippen molar-refractivity contribution in [1.29, 1.82) is 0 Å². The molecule has 0 spiro atoms. The summed E-state index contributed by atoms with van der Waals surface area (Å²) in [6.45, 7) is 10.9. The summed E-state index contributed by atoms with van der Waals surface area (Å²) in [6, 6.07) is 0. The van der Waals surface area contributed by atoms with E-state index in [1.54, 1.807) is 0 Å². The number of nitrogens with zero attached hydrogens (tertiary/aromatic N) is 1. The van der Waals surface area contributed by atoms with E-state index in [4.69, 9.17) is 0 Å². The third kappa shape index (κ3) is 17.9. The first-order chi connectivity index (χ1) is 9.48. The largest absolute Gasteiger partial charge is 1.00 e. The molecule has 0 amide bonds. The third-order valence-corrected chi connectivity index (χ3v) is 4.17. The number of unbranched alkanes of at least 4 members (excludes halogenated alkanes) is 8. The van der Waals surface area contributed by atoms with E-state index in [0.717, 1.165) is 16.9 Å². The fourth-order valence-corrected chi connectivity index (χ4v) is 2.77. The predicted molar refractivity (Wildman–Crippen MR) is 93.0 cm³/mol. The Hall–Kier alpha value is -0.0100. The van der Waals surface area contributed by atoms with Crippen LogP contribution in [0, 0.1) is 5.92 Å². The first-order valence-electron chi connectivity index (χ1n) is 8.91. The van der Waals surface area contributed by atoms with Gasteiger partial charge in [-0.25, -0.2) is 0 Å². The average molecular weight is 318 g/mol. The predicted octanol–water partition coefficient (Wildman–Crippen LogP) is 2.81. The number of hydrogen-bond acceptors (Lipinski definition) is 0. The fraction of sp³-hybridized carbons (Fsp3) is 0.895. The number of halogens is 1. The number of likely N-dealkylation sites (N-methyl/N-ethyl adjacent to an activating group) is 1. The van der Waals surface area contributed by atoms with Crippen LogP contribution in [-0.4, -0.2) is 31.7 Å². The van der Waals surface area contributed by atoms with Crippen molar-refractivity contribution in [1.82, 2.24) is 0 Å². The van der Waals surface area contributed by atoms with E-state index >= 15 is 0 Å². The molecule has 0 bridgehead atoms. The normalized spacial score (nSPS) is 11.5. The second-order valence-electron chi connectivity index (χ2n) is 7.50. The molecule has 0 aromatic rings. The van der Waals surface area contributed by atoms with Crippen molar-refractivity contribution in [3.8, 4) is 0 Å². The summed E-state index contributed by atoms with van der Waals surface area (Å²) in [5, 5.41) is 0. The number of hydrogen-bond donors (Lipinski definition) is 0. The van der Waals surface area contributed by atoms with Crippen LogP contribution in [-0.2, 0) is 0 Å². The minimum absolute atomic E-state index is 0. The highest BCUT2D eigenvalue weighted by Crippen LogP contribution is 2.13. The Bertz CT molecular complexity index is 224. The Balaban J connectivity index is 0. The van der Waals surface area contributed by atoms with Gasteiger partial charge in [0.2, 0.25) is 0 Å². The van der Waals surface area contributed by atoms with Gasteiger partial charge in [-0.1, -0.05) is 71.8 Å². The molecule has 0 rings (SSSR count). The molecule has 0 heterocycles. The van der Waals surface area contributed by atoms with Gasteiger partial charge in [0.1, 0.15) is 0 Å². The summed E-state index contributed by atoms with van der Waals surface area (Å²) in [5.41, 5.74) is 0. The molecule has 21 heavy (non-hydrogen) atoms. The number of rotatable bonds is 14. The Kier molecular flexibility index (Phi) is 16.5. The van der Waals surface area contributed by atoms with Gasteiger partial charge in [0.15, 0.2) is 0 Å². The quantitative estimate of drug-likeness (QED) is 0.262. The van der Waals surface area contributed by atoms with E-state index < -0.39 is 0 Å². The van der Waals surface area contributed by atoms with Gasteiger partial charge < -0.3 is 16.9 Å². The molecule has 0 saturated heterocycles. The van der Waals surface area contributed by atoms with Crippen molar-refractivity contribution in [2.75, 3.05) is 27.2 Å². The lowest BCUT2D eigenvalue weighted by molar-refractivity contribution is -0.884. The minimum Gasteiger partial charge on any atom is -1.00 e. The van der Waals surface area contributed by atoms with Gasteiger partial charge in [-0.05, 0) is 24.8 Å². The molecule has 0 unspecified atom stereocenters. The molecular weight excluding hydrogens is 278 g/mol. The highest BCUT2D eigenvalue weighted by atomic mass is 35.5. The van der Waals surface area contributed by atoms with Crippen LogP contribution in [0.2, 0.25) is 0 Å². The Morgan fingerprint density at radius 3 is 1.67 bits per heavy atom. The van der Waals surface area contributed by atoms with Gasteiger partial charge in [-0.15, -0.1) is 0 Å². The van der Waals surface area contributed by atoms with Crippen LogP contribution < -0.4 is 12.4 Å². The monoisotopic (exact) mass is 317 g/mol. The van der Waals surface area contributed by atoms with E-state index in [2.05, 4.69) is 34.5 Å². The Morgan fingerprint density at radius 2 is 1.24 bits per heavy atom. The summed E-state index contributed by atoms with van der Waals surface area (Å²) >= 11 is 0. The highest BCUT2D eigenvalue weighted by molar-refractivity contribution is 4.64. The van der Waals surface area contributed by atoms with Gasteiger partial charge in [-0.3, -0.25) is 0 Å². The van der Waals surface area contributed by atoms with Crippen LogP contribution in [0.25, 0.3) is 0 Å². The molecule has 0 fully saturated rings. The molecule has 1 nitrogen and oxygen atoms in total. The maximum absolute atomic E-state index is 3.84. The van der Waals surface area contributed by atoms with Crippen molar-refractivity contribution in [2.45, 2.75) is 78.1 Å². The van der Waals surface area contributed by atoms with E-state index in [9.17, 15) is 0 Å². The first-order valence-corrected chi connectivity index (χ1v) is 8.91. The van der Waals surface area contributed by atoms with E-state index in [0.29, 0.717) is 0 Å². The van der Waals surface area contributed by atoms with Crippen LogP contribution >= 0.6 is 0 Å². The lowest BCUT2D eigenvalue weighted by Gasteiger charge is -2.28. The molecule has 0 aromatic heterocycles. The molecule has 0 aliphatic heterocycles. The van der Waals surface area contributed by atoms with Gasteiger partial charge in [0, 0.05) is 0 Å². The number of quaternary nitrogens is 1. The van der Waals surface area contributed by atoms with Gasteiger partial charge in [-0.2, -0.15) is 0 Å². The summed E-state index contributed by atoms with van der Waals surface area (Å²) in [4.78, 5) is 0. The summed E-state index contributed by atoms with van der Waals surface area (Å²) in [6.07, 6.45) is 16.4. The van der Waals surface area contributed by atoms with Crippen molar-refractivity contribution >= 4 is 0 Å². The standard InChI is InChI=1S/C19H40N.ClH/c1-6-17-20(4,5)18-15-13-11-9-7-8-10-12-14-16-19(2)3;/h6,19H,1,7-18H2,2-5H3;1H/q+1;/p-1. The molecule has 0 aromatic carbocycles. The zero-order valence-corrected chi connectivity index (χ0v) is 15.9. The maximum atomic E-state index is 3.84. The first kappa shape index (κ1) is 23.3. The van der Waals surface area contributed by atoms with Gasteiger partial charge in [0.25, 0.3) is 0 Å². The smallest absolute Gasteiger partial charge is 0.0966 e. The van der Waals surface area contributed by atoms with Crippen molar-refractivity contribution in [3.05, 3.63) is 12.7 Å². The minimum atomic E-state index is 0. The summed E-state index contributed by atoms with van der Waals surface area (Å²) < 4.78 is 1.10. The summed E-state index contributed by atoms with van der Waals surface area (Å²) in [7, 11) is 4.61. The second kappa shape index (κ2) is 14.9. The Labute approximate surface area is 141 Å². The summed E-state index contributed by atoms with van der Waals surface area (Å²) in [5.74, 6) is 0.888. The maximum Gasteiger partial charge on any atom is 0.0966 e. The van der Waals surface area contributed by atoms with Crippen LogP contribution in [0.3, 0.4) is 0 Å². The second-order valence-corrected chi connectivity index (χ2v) is 7.50. The van der Waals surface area contributed by atoms with Gasteiger partial charge >= 0.3 is 0 Å². The van der Waals surface area contributed by atoms with Crippen LogP contribution in [0.15, 0.2) is 12.7 Å². The highest BCUT2D eigenvalue weighted by Gasteiger charge is 2.10. The molecule has 2 heteroatoms. The molecule has 0 atom stereocenters.